The lowest BCUT2D eigenvalue weighted by atomic mass is 10.1. The van der Waals surface area contributed by atoms with Gasteiger partial charge in [-0.05, 0) is 13.8 Å². The van der Waals surface area contributed by atoms with Crippen molar-refractivity contribution in [2.75, 3.05) is 11.5 Å². The van der Waals surface area contributed by atoms with Crippen LogP contribution in [0.1, 0.15) is 13.8 Å². The van der Waals surface area contributed by atoms with Crippen molar-refractivity contribution >= 4 is 11.8 Å². The van der Waals surface area contributed by atoms with Crippen molar-refractivity contribution in [2.45, 2.75) is 44.1 Å². The van der Waals surface area contributed by atoms with Gasteiger partial charge >= 0.3 is 0 Å². The number of aliphatic hydroxyl groups is 2. The molecule has 4 nitrogen and oxygen atoms in total. The third-order valence-corrected chi connectivity index (χ3v) is 3.65. The number of hydrogen-bond acceptors (Lipinski definition) is 5. The van der Waals surface area contributed by atoms with Crippen LogP contribution >= 0.6 is 11.8 Å². The fraction of sp³-hybridized carbons (Fsp3) is 1.00. The summed E-state index contributed by atoms with van der Waals surface area (Å²) in [6.45, 7) is 3.60. The number of fused-ring (bicyclic) bond motifs is 1. The van der Waals surface area contributed by atoms with Crippen LogP contribution in [0, 0.1) is 0 Å². The van der Waals surface area contributed by atoms with E-state index >= 15 is 0 Å². The minimum Gasteiger partial charge on any atom is -0.389 e. The van der Waals surface area contributed by atoms with E-state index in [0.29, 0.717) is 11.5 Å². The molecular weight excluding hydrogens is 204 g/mol. The number of thioether (sulfide) groups is 1. The van der Waals surface area contributed by atoms with Crippen molar-refractivity contribution < 1.29 is 19.7 Å². The molecular formula is C9H16O4S. The third-order valence-electron chi connectivity index (χ3n) is 2.50. The molecule has 4 atom stereocenters. The Hall–Kier alpha value is 0.190. The Kier molecular flexibility index (Phi) is 2.79. The molecule has 0 aliphatic carbocycles. The van der Waals surface area contributed by atoms with E-state index in [9.17, 15) is 10.2 Å². The van der Waals surface area contributed by atoms with Crippen LogP contribution in [-0.2, 0) is 9.47 Å². The van der Waals surface area contributed by atoms with E-state index in [-0.39, 0.29) is 0 Å². The van der Waals surface area contributed by atoms with E-state index in [0.717, 1.165) is 0 Å². The first-order valence-electron chi connectivity index (χ1n) is 4.79. The highest BCUT2D eigenvalue weighted by Gasteiger charge is 2.49. The van der Waals surface area contributed by atoms with E-state index in [1.165, 1.54) is 11.8 Å². The van der Waals surface area contributed by atoms with Gasteiger partial charge in [0.05, 0.1) is 12.2 Å². The van der Waals surface area contributed by atoms with E-state index in [1.807, 2.05) is 0 Å². The average Bonchev–Trinajstić information content (AvgIpc) is 2.35. The van der Waals surface area contributed by atoms with Crippen LogP contribution in [0.4, 0.5) is 0 Å². The fourth-order valence-corrected chi connectivity index (χ4v) is 2.91. The summed E-state index contributed by atoms with van der Waals surface area (Å²) in [7, 11) is 0. The Bertz CT molecular complexity index is 201. The van der Waals surface area contributed by atoms with Gasteiger partial charge in [-0.1, -0.05) is 0 Å². The molecule has 2 fully saturated rings. The Labute approximate surface area is 87.6 Å². The van der Waals surface area contributed by atoms with E-state index < -0.39 is 30.2 Å². The molecule has 82 valence electrons. The maximum atomic E-state index is 9.77. The summed E-state index contributed by atoms with van der Waals surface area (Å²) in [5.74, 6) is 0.495. The molecule has 0 spiro atoms. The van der Waals surface area contributed by atoms with Gasteiger partial charge in [0, 0.05) is 11.5 Å². The van der Waals surface area contributed by atoms with Crippen molar-refractivity contribution in [1.29, 1.82) is 0 Å². The Morgan fingerprint density at radius 3 is 1.93 bits per heavy atom. The van der Waals surface area contributed by atoms with E-state index in [4.69, 9.17) is 9.47 Å². The van der Waals surface area contributed by atoms with Crippen molar-refractivity contribution in [2.24, 2.45) is 0 Å². The SMILES string of the molecule is CC1(C)O[C@@H]2[C@H](O1)[C@H](O)CSC[C@H]2O. The zero-order valence-electron chi connectivity index (χ0n) is 8.34. The molecule has 0 aromatic carbocycles. The summed E-state index contributed by atoms with van der Waals surface area (Å²) in [6, 6.07) is 0. The maximum absolute atomic E-state index is 9.77. The molecule has 0 aromatic heterocycles. The molecule has 0 saturated carbocycles. The van der Waals surface area contributed by atoms with Crippen molar-refractivity contribution in [3.8, 4) is 0 Å². The summed E-state index contributed by atoms with van der Waals surface area (Å²) >= 11 is 1.53. The Morgan fingerprint density at radius 1 is 1.07 bits per heavy atom. The molecule has 2 saturated heterocycles. The molecule has 2 N–H and O–H groups in total. The van der Waals surface area contributed by atoms with Gasteiger partial charge in [0.1, 0.15) is 12.2 Å². The summed E-state index contributed by atoms with van der Waals surface area (Å²) in [5, 5.41) is 19.5. The Balaban J connectivity index is 2.16. The highest BCUT2D eigenvalue weighted by Crippen LogP contribution is 2.35. The first kappa shape index (κ1) is 10.7. The van der Waals surface area contributed by atoms with Crippen molar-refractivity contribution in [1.82, 2.24) is 0 Å². The predicted molar refractivity (Wildman–Crippen MR) is 53.2 cm³/mol. The lowest BCUT2D eigenvalue weighted by Gasteiger charge is -2.20. The molecule has 5 heteroatoms. The number of hydrogen-bond donors (Lipinski definition) is 2. The van der Waals surface area contributed by atoms with Crippen LogP contribution in [0.15, 0.2) is 0 Å². The summed E-state index contributed by atoms with van der Waals surface area (Å²) in [6.07, 6.45) is -1.89. The highest BCUT2D eigenvalue weighted by atomic mass is 32.2. The largest absolute Gasteiger partial charge is 0.389 e. The first-order chi connectivity index (χ1) is 6.49. The number of rotatable bonds is 0. The molecule has 2 rings (SSSR count). The average molecular weight is 220 g/mol. The van der Waals surface area contributed by atoms with Gasteiger partial charge in [-0.15, -0.1) is 0 Å². The standard InChI is InChI=1S/C9H16O4S/c1-9(2)12-7-5(10)3-14-4-6(11)8(7)13-9/h5-8,10-11H,3-4H2,1-2H3/t5-,6-,7-,8+/m1/s1. The van der Waals surface area contributed by atoms with E-state index in [1.54, 1.807) is 13.8 Å². The smallest absolute Gasteiger partial charge is 0.164 e. The Morgan fingerprint density at radius 2 is 1.50 bits per heavy atom. The summed E-state index contributed by atoms with van der Waals surface area (Å²) in [4.78, 5) is 0. The monoisotopic (exact) mass is 220 g/mol. The molecule has 2 aliphatic heterocycles. The van der Waals surface area contributed by atoms with Gasteiger partial charge in [-0.3, -0.25) is 0 Å². The van der Waals surface area contributed by atoms with Crippen LogP contribution < -0.4 is 0 Å². The highest BCUT2D eigenvalue weighted by molar-refractivity contribution is 7.99. The fourth-order valence-electron chi connectivity index (χ4n) is 1.91. The quantitative estimate of drug-likeness (QED) is 0.600. The van der Waals surface area contributed by atoms with Crippen LogP contribution in [0.5, 0.6) is 0 Å². The molecule has 0 amide bonds. The zero-order valence-corrected chi connectivity index (χ0v) is 9.16. The molecule has 14 heavy (non-hydrogen) atoms. The van der Waals surface area contributed by atoms with Crippen molar-refractivity contribution in [3.05, 3.63) is 0 Å². The summed E-state index contributed by atoms with van der Waals surface area (Å²) in [5.41, 5.74) is 0. The van der Waals surface area contributed by atoms with Gasteiger partial charge in [-0.2, -0.15) is 11.8 Å². The molecule has 0 bridgehead atoms. The van der Waals surface area contributed by atoms with Gasteiger partial charge in [-0.25, -0.2) is 0 Å². The lowest BCUT2D eigenvalue weighted by molar-refractivity contribution is -0.159. The first-order valence-corrected chi connectivity index (χ1v) is 5.94. The predicted octanol–water partition coefficient (Wildman–Crippen LogP) is -0.0249. The van der Waals surface area contributed by atoms with Crippen LogP contribution in [0.25, 0.3) is 0 Å². The molecule has 0 radical (unpaired) electrons. The van der Waals surface area contributed by atoms with Gasteiger partial charge in [0.2, 0.25) is 0 Å². The van der Waals surface area contributed by atoms with Crippen LogP contribution in [0.3, 0.4) is 0 Å². The second-order valence-electron chi connectivity index (χ2n) is 4.24. The molecule has 0 unspecified atom stereocenters. The second-order valence-corrected chi connectivity index (χ2v) is 5.31. The van der Waals surface area contributed by atoms with Crippen molar-refractivity contribution in [3.63, 3.8) is 0 Å². The van der Waals surface area contributed by atoms with E-state index in [2.05, 4.69) is 0 Å². The lowest BCUT2D eigenvalue weighted by Crippen LogP contribution is -2.41. The van der Waals surface area contributed by atoms with Crippen LogP contribution in [-0.4, -0.2) is 51.9 Å². The van der Waals surface area contributed by atoms with Gasteiger partial charge in [0.15, 0.2) is 5.79 Å². The number of aliphatic hydroxyl groups excluding tert-OH is 2. The summed E-state index contributed by atoms with van der Waals surface area (Å²) < 4.78 is 11.1. The maximum Gasteiger partial charge on any atom is 0.164 e. The minimum atomic E-state index is -0.695. The minimum absolute atomic E-state index is 0.394. The number of ether oxygens (including phenoxy) is 2. The molecule has 2 heterocycles. The second kappa shape index (κ2) is 3.64. The molecule has 0 aromatic rings. The molecule has 2 aliphatic rings. The van der Waals surface area contributed by atoms with Gasteiger partial charge < -0.3 is 19.7 Å². The zero-order chi connectivity index (χ0) is 10.3. The normalized spacial score (nSPS) is 47.1. The van der Waals surface area contributed by atoms with Crippen LogP contribution in [0.2, 0.25) is 0 Å². The topological polar surface area (TPSA) is 58.9 Å². The van der Waals surface area contributed by atoms with Gasteiger partial charge in [0.25, 0.3) is 0 Å². The third kappa shape index (κ3) is 1.92.